The molecule has 8 heteroatoms. The number of carbonyl (C=O) groups is 3. The van der Waals surface area contributed by atoms with Crippen molar-refractivity contribution in [2.24, 2.45) is 0 Å². The molecule has 0 fully saturated rings. The van der Waals surface area contributed by atoms with Crippen molar-refractivity contribution >= 4 is 35.2 Å². The molecule has 130 valence electrons. The number of hydrogen-bond donors (Lipinski definition) is 3. The Morgan fingerprint density at radius 2 is 1.88 bits per heavy atom. The number of nitrogens with one attached hydrogen (secondary N) is 3. The predicted molar refractivity (Wildman–Crippen MR) is 93.5 cm³/mol. The third-order valence-electron chi connectivity index (χ3n) is 3.75. The molecule has 1 aromatic carbocycles. The third kappa shape index (κ3) is 3.53. The Balaban J connectivity index is 1.68. The van der Waals surface area contributed by atoms with Crippen molar-refractivity contribution in [1.29, 1.82) is 0 Å². The second-order valence-corrected chi connectivity index (χ2v) is 7.08. The van der Waals surface area contributed by atoms with E-state index in [-0.39, 0.29) is 11.2 Å². The topological polar surface area (TPSA) is 100 Å². The molecule has 2 heterocycles. The number of thioether (sulfide) groups is 1. The van der Waals surface area contributed by atoms with E-state index in [0.717, 1.165) is 4.90 Å². The normalized spacial score (nSPS) is 16.0. The van der Waals surface area contributed by atoms with Gasteiger partial charge in [-0.15, -0.1) is 11.8 Å². The molecule has 0 saturated heterocycles. The molecule has 0 spiro atoms. The van der Waals surface area contributed by atoms with Gasteiger partial charge in [-0.25, -0.2) is 0 Å². The molecule has 1 atom stereocenters. The molecule has 0 saturated carbocycles. The summed E-state index contributed by atoms with van der Waals surface area (Å²) in [5.41, 5.74) is 6.00. The first kappa shape index (κ1) is 17.1. The fourth-order valence-electron chi connectivity index (χ4n) is 2.46. The van der Waals surface area contributed by atoms with Crippen LogP contribution in [-0.2, 0) is 4.79 Å². The van der Waals surface area contributed by atoms with Crippen LogP contribution in [0, 0.1) is 13.8 Å². The van der Waals surface area contributed by atoms with Crippen LogP contribution in [0.1, 0.15) is 39.2 Å². The number of fused-ring (bicyclic) bond motifs is 1. The number of carbonyl (C=O) groups excluding carboxylic acids is 3. The molecule has 25 heavy (non-hydrogen) atoms. The van der Waals surface area contributed by atoms with Crippen LogP contribution in [0.5, 0.6) is 0 Å². The second-order valence-electron chi connectivity index (χ2n) is 5.70. The fourth-order valence-corrected chi connectivity index (χ4v) is 3.39. The Kier molecular flexibility index (Phi) is 4.54. The molecule has 0 unspecified atom stereocenters. The average Bonchev–Trinajstić information content (AvgIpc) is 2.91. The monoisotopic (exact) mass is 359 g/mol. The van der Waals surface area contributed by atoms with Crippen LogP contribution < -0.4 is 16.2 Å². The predicted octanol–water partition coefficient (Wildman–Crippen LogP) is 2.40. The minimum absolute atomic E-state index is 0.103. The van der Waals surface area contributed by atoms with Crippen molar-refractivity contribution in [3.05, 3.63) is 46.9 Å². The van der Waals surface area contributed by atoms with Gasteiger partial charge in [0, 0.05) is 10.5 Å². The number of anilines is 1. The Labute approximate surface area is 148 Å². The summed E-state index contributed by atoms with van der Waals surface area (Å²) in [6, 6.07) is 6.60. The quantitative estimate of drug-likeness (QED) is 0.715. The first-order chi connectivity index (χ1) is 11.8. The summed E-state index contributed by atoms with van der Waals surface area (Å²) in [6.07, 6.45) is 0. The smallest absolute Gasteiger partial charge is 0.273 e. The standard InChI is InChI=1S/C17H17N3O4S/c1-8-6-12(9(2)24-8)17(23)20-19-16(22)11-4-5-14-13(7-11)18-15(21)10(3)25-14/h4-7,10H,1-3H3,(H,18,21)(H,19,22)(H,20,23)/t10-/m0/s1. The Morgan fingerprint density at radius 1 is 1.16 bits per heavy atom. The van der Waals surface area contributed by atoms with E-state index in [1.54, 1.807) is 38.1 Å². The number of amides is 3. The summed E-state index contributed by atoms with van der Waals surface area (Å²) in [7, 11) is 0. The Morgan fingerprint density at radius 3 is 2.56 bits per heavy atom. The third-order valence-corrected chi connectivity index (χ3v) is 4.93. The number of furan rings is 1. The Bertz CT molecular complexity index is 875. The van der Waals surface area contributed by atoms with Crippen molar-refractivity contribution in [1.82, 2.24) is 10.9 Å². The lowest BCUT2D eigenvalue weighted by Crippen LogP contribution is -2.41. The van der Waals surface area contributed by atoms with E-state index in [2.05, 4.69) is 16.2 Å². The summed E-state index contributed by atoms with van der Waals surface area (Å²) in [5.74, 6) is 0.0532. The summed E-state index contributed by atoms with van der Waals surface area (Å²) in [5, 5.41) is 2.59. The van der Waals surface area contributed by atoms with Crippen LogP contribution >= 0.6 is 11.8 Å². The van der Waals surface area contributed by atoms with Gasteiger partial charge in [0.25, 0.3) is 11.8 Å². The van der Waals surface area contributed by atoms with Crippen molar-refractivity contribution in [2.45, 2.75) is 30.9 Å². The lowest BCUT2D eigenvalue weighted by molar-refractivity contribution is -0.115. The second kappa shape index (κ2) is 6.64. The summed E-state index contributed by atoms with van der Waals surface area (Å²) < 4.78 is 5.29. The van der Waals surface area contributed by atoms with Crippen LogP contribution in [0.15, 0.2) is 33.6 Å². The SMILES string of the molecule is Cc1cc(C(=O)NNC(=O)c2ccc3c(c2)NC(=O)[C@H](C)S3)c(C)o1. The lowest BCUT2D eigenvalue weighted by atomic mass is 10.2. The largest absolute Gasteiger partial charge is 0.466 e. The number of benzene rings is 1. The molecule has 3 amide bonds. The average molecular weight is 359 g/mol. The van der Waals surface area contributed by atoms with Gasteiger partial charge in [0.2, 0.25) is 5.91 Å². The summed E-state index contributed by atoms with van der Waals surface area (Å²) in [4.78, 5) is 37.0. The maximum Gasteiger partial charge on any atom is 0.273 e. The van der Waals surface area contributed by atoms with E-state index in [9.17, 15) is 14.4 Å². The van der Waals surface area contributed by atoms with Gasteiger partial charge >= 0.3 is 0 Å². The molecule has 1 aliphatic heterocycles. The molecule has 0 bridgehead atoms. The van der Waals surface area contributed by atoms with Gasteiger partial charge in [-0.05, 0) is 45.0 Å². The van der Waals surface area contributed by atoms with Gasteiger partial charge < -0.3 is 9.73 Å². The van der Waals surface area contributed by atoms with Crippen molar-refractivity contribution in [3.63, 3.8) is 0 Å². The van der Waals surface area contributed by atoms with Crippen LogP contribution in [0.3, 0.4) is 0 Å². The van der Waals surface area contributed by atoms with E-state index in [1.165, 1.54) is 11.8 Å². The van der Waals surface area contributed by atoms with Gasteiger partial charge in [0.05, 0.1) is 16.5 Å². The molecule has 1 aliphatic rings. The highest BCUT2D eigenvalue weighted by atomic mass is 32.2. The molecule has 3 N–H and O–H groups in total. The molecule has 0 aliphatic carbocycles. The van der Waals surface area contributed by atoms with E-state index in [4.69, 9.17) is 4.42 Å². The number of aryl methyl sites for hydroxylation is 2. The fraction of sp³-hybridized carbons (Fsp3) is 0.235. The van der Waals surface area contributed by atoms with E-state index in [0.29, 0.717) is 28.3 Å². The maximum atomic E-state index is 12.2. The van der Waals surface area contributed by atoms with Gasteiger partial charge in [0.15, 0.2) is 0 Å². The van der Waals surface area contributed by atoms with Crippen LogP contribution in [0.2, 0.25) is 0 Å². The zero-order valence-corrected chi connectivity index (χ0v) is 14.7. The zero-order valence-electron chi connectivity index (χ0n) is 13.9. The maximum absolute atomic E-state index is 12.2. The molecule has 2 aromatic rings. The Hall–Kier alpha value is -2.74. The first-order valence-electron chi connectivity index (χ1n) is 7.64. The van der Waals surface area contributed by atoms with E-state index in [1.807, 2.05) is 6.92 Å². The molecule has 0 radical (unpaired) electrons. The number of hydrazine groups is 1. The molecule has 7 nitrogen and oxygen atoms in total. The highest BCUT2D eigenvalue weighted by molar-refractivity contribution is 8.00. The minimum Gasteiger partial charge on any atom is -0.466 e. The van der Waals surface area contributed by atoms with Crippen LogP contribution in [0.4, 0.5) is 5.69 Å². The first-order valence-corrected chi connectivity index (χ1v) is 8.52. The van der Waals surface area contributed by atoms with Crippen molar-refractivity contribution < 1.29 is 18.8 Å². The summed E-state index contributed by atoms with van der Waals surface area (Å²) in [6.45, 7) is 5.23. The van der Waals surface area contributed by atoms with Gasteiger partial charge in [0.1, 0.15) is 11.5 Å². The molecular weight excluding hydrogens is 342 g/mol. The highest BCUT2D eigenvalue weighted by Crippen LogP contribution is 2.35. The van der Waals surface area contributed by atoms with Crippen molar-refractivity contribution in [2.75, 3.05) is 5.32 Å². The van der Waals surface area contributed by atoms with Crippen molar-refractivity contribution in [3.8, 4) is 0 Å². The summed E-state index contributed by atoms with van der Waals surface area (Å²) >= 11 is 1.44. The van der Waals surface area contributed by atoms with E-state index < -0.39 is 11.8 Å². The van der Waals surface area contributed by atoms with E-state index >= 15 is 0 Å². The molecule has 1 aromatic heterocycles. The van der Waals surface area contributed by atoms with Gasteiger partial charge in [-0.3, -0.25) is 25.2 Å². The number of hydrogen-bond acceptors (Lipinski definition) is 5. The van der Waals surface area contributed by atoms with Gasteiger partial charge in [-0.2, -0.15) is 0 Å². The van der Waals surface area contributed by atoms with Crippen LogP contribution in [0.25, 0.3) is 0 Å². The lowest BCUT2D eigenvalue weighted by Gasteiger charge is -2.21. The zero-order chi connectivity index (χ0) is 18.1. The number of rotatable bonds is 2. The van der Waals surface area contributed by atoms with Gasteiger partial charge in [-0.1, -0.05) is 0 Å². The highest BCUT2D eigenvalue weighted by Gasteiger charge is 2.24. The minimum atomic E-state index is -0.480. The molecule has 3 rings (SSSR count). The molecular formula is C17H17N3O4S. The van der Waals surface area contributed by atoms with Crippen LogP contribution in [-0.4, -0.2) is 23.0 Å².